The first-order valence-electron chi connectivity index (χ1n) is 8.22. The van der Waals surface area contributed by atoms with Crippen molar-refractivity contribution in [1.29, 1.82) is 0 Å². The van der Waals surface area contributed by atoms with Crippen molar-refractivity contribution in [1.82, 2.24) is 10.2 Å². The average molecular weight is 387 g/mol. The fourth-order valence-electron chi connectivity index (χ4n) is 2.50. The highest BCUT2D eigenvalue weighted by molar-refractivity contribution is 8.02. The van der Waals surface area contributed by atoms with E-state index in [9.17, 15) is 0 Å². The van der Waals surface area contributed by atoms with Gasteiger partial charge in [-0.05, 0) is 49.9 Å². The summed E-state index contributed by atoms with van der Waals surface area (Å²) in [6.07, 6.45) is 0. The van der Waals surface area contributed by atoms with Gasteiger partial charge in [0.25, 0.3) is 0 Å². The van der Waals surface area contributed by atoms with E-state index >= 15 is 0 Å². The quantitative estimate of drug-likeness (QED) is 0.461. The van der Waals surface area contributed by atoms with E-state index in [4.69, 9.17) is 0 Å². The Hall–Kier alpha value is -1.30. The second-order valence-corrected chi connectivity index (χ2v) is 9.69. The molecule has 0 spiro atoms. The lowest BCUT2D eigenvalue weighted by Gasteiger charge is -2.05. The molecule has 0 aliphatic rings. The summed E-state index contributed by atoms with van der Waals surface area (Å²) in [6, 6.07) is 13.2. The maximum atomic E-state index is 4.35. The van der Waals surface area contributed by atoms with E-state index in [2.05, 4.69) is 74.3 Å². The molecule has 0 radical (unpaired) electrons. The van der Waals surface area contributed by atoms with Crippen molar-refractivity contribution < 1.29 is 0 Å². The summed E-state index contributed by atoms with van der Waals surface area (Å²) < 4.78 is 2.09. The SMILES string of the molecule is Cc1ccc(C)c(CSc2nnc(SCc3cc(C)ccc3C)s2)c1. The maximum absolute atomic E-state index is 4.35. The summed E-state index contributed by atoms with van der Waals surface area (Å²) in [5, 5.41) is 8.69. The molecule has 3 rings (SSSR count). The predicted octanol–water partition coefficient (Wildman–Crippen LogP) is 6.36. The van der Waals surface area contributed by atoms with Crippen LogP contribution in [0.3, 0.4) is 0 Å². The molecule has 1 heterocycles. The van der Waals surface area contributed by atoms with Crippen LogP contribution in [0.2, 0.25) is 0 Å². The number of nitrogens with zero attached hydrogens (tertiary/aromatic N) is 2. The summed E-state index contributed by atoms with van der Waals surface area (Å²) in [4.78, 5) is 0. The minimum atomic E-state index is 0.948. The van der Waals surface area contributed by atoms with Crippen LogP contribution in [-0.2, 0) is 11.5 Å². The second-order valence-electron chi connectivity index (χ2n) is 6.27. The van der Waals surface area contributed by atoms with Crippen LogP contribution in [0.5, 0.6) is 0 Å². The molecule has 25 heavy (non-hydrogen) atoms. The molecule has 1 aromatic heterocycles. The highest BCUT2D eigenvalue weighted by atomic mass is 32.2. The number of aryl methyl sites for hydroxylation is 4. The van der Waals surface area contributed by atoms with Crippen LogP contribution in [0.1, 0.15) is 33.4 Å². The predicted molar refractivity (Wildman–Crippen MR) is 111 cm³/mol. The first-order valence-corrected chi connectivity index (χ1v) is 11.0. The lowest BCUT2D eigenvalue weighted by Crippen LogP contribution is -1.87. The van der Waals surface area contributed by atoms with Gasteiger partial charge in [0.15, 0.2) is 8.68 Å². The van der Waals surface area contributed by atoms with Gasteiger partial charge in [0.2, 0.25) is 0 Å². The lowest BCUT2D eigenvalue weighted by molar-refractivity contribution is 0.954. The molecule has 2 nitrogen and oxygen atoms in total. The van der Waals surface area contributed by atoms with E-state index in [-0.39, 0.29) is 0 Å². The molecule has 0 aliphatic heterocycles. The van der Waals surface area contributed by atoms with Crippen molar-refractivity contribution in [2.75, 3.05) is 0 Å². The fourth-order valence-corrected chi connectivity index (χ4v) is 5.65. The zero-order chi connectivity index (χ0) is 17.8. The minimum Gasteiger partial charge on any atom is -0.131 e. The van der Waals surface area contributed by atoms with Crippen LogP contribution >= 0.6 is 34.9 Å². The molecular weight excluding hydrogens is 364 g/mol. The monoisotopic (exact) mass is 386 g/mol. The van der Waals surface area contributed by atoms with Gasteiger partial charge in [0, 0.05) is 11.5 Å². The largest absolute Gasteiger partial charge is 0.175 e. The van der Waals surface area contributed by atoms with Crippen molar-refractivity contribution >= 4 is 34.9 Å². The van der Waals surface area contributed by atoms with Crippen molar-refractivity contribution in [3.8, 4) is 0 Å². The highest BCUT2D eigenvalue weighted by Crippen LogP contribution is 2.33. The average Bonchev–Trinajstić information content (AvgIpc) is 3.04. The van der Waals surface area contributed by atoms with Gasteiger partial charge >= 0.3 is 0 Å². The Bertz CT molecular complexity index is 801. The molecule has 2 aromatic carbocycles. The van der Waals surface area contributed by atoms with Crippen LogP contribution in [0.15, 0.2) is 45.1 Å². The number of rotatable bonds is 6. The van der Waals surface area contributed by atoms with E-state index in [0.29, 0.717) is 0 Å². The third-order valence-electron chi connectivity index (χ3n) is 4.10. The summed E-state index contributed by atoms with van der Waals surface area (Å²) >= 11 is 5.25. The second kappa shape index (κ2) is 8.39. The number of hydrogen-bond donors (Lipinski definition) is 0. The number of benzene rings is 2. The molecule has 0 unspecified atom stereocenters. The van der Waals surface area contributed by atoms with E-state index in [1.165, 1.54) is 33.4 Å². The Morgan fingerprint density at radius 1 is 0.720 bits per heavy atom. The third kappa shape index (κ3) is 5.09. The third-order valence-corrected chi connectivity index (χ3v) is 7.39. The van der Waals surface area contributed by atoms with E-state index < -0.39 is 0 Å². The minimum absolute atomic E-state index is 0.948. The van der Waals surface area contributed by atoms with Crippen LogP contribution < -0.4 is 0 Å². The Morgan fingerprint density at radius 3 is 1.60 bits per heavy atom. The Kier molecular flexibility index (Phi) is 6.20. The van der Waals surface area contributed by atoms with Crippen molar-refractivity contribution in [2.24, 2.45) is 0 Å². The van der Waals surface area contributed by atoms with E-state index in [1.54, 1.807) is 34.9 Å². The molecule has 3 aromatic rings. The fraction of sp³-hybridized carbons (Fsp3) is 0.300. The summed E-state index contributed by atoms with van der Waals surface area (Å²) in [5.41, 5.74) is 8.06. The van der Waals surface area contributed by atoms with Gasteiger partial charge in [-0.2, -0.15) is 0 Å². The first-order chi connectivity index (χ1) is 12.0. The number of hydrogen-bond acceptors (Lipinski definition) is 5. The van der Waals surface area contributed by atoms with Gasteiger partial charge in [-0.15, -0.1) is 10.2 Å². The van der Waals surface area contributed by atoms with Crippen LogP contribution in [0, 0.1) is 27.7 Å². The molecule has 0 aliphatic carbocycles. The Balaban J connectivity index is 1.59. The standard InChI is InChI=1S/C20H22N2S3/c1-13-5-7-15(3)17(9-13)11-23-19-21-22-20(25-19)24-12-18-10-14(2)6-8-16(18)4/h5-10H,11-12H2,1-4H3. The van der Waals surface area contributed by atoms with Gasteiger partial charge in [0.05, 0.1) is 0 Å². The van der Waals surface area contributed by atoms with Crippen LogP contribution in [-0.4, -0.2) is 10.2 Å². The molecule has 0 fully saturated rings. The van der Waals surface area contributed by atoms with Gasteiger partial charge in [-0.25, -0.2) is 0 Å². The van der Waals surface area contributed by atoms with E-state index in [1.807, 2.05) is 0 Å². The molecule has 0 N–H and O–H groups in total. The summed E-state index contributed by atoms with van der Waals surface area (Å²) in [6.45, 7) is 8.61. The zero-order valence-electron chi connectivity index (χ0n) is 15.0. The van der Waals surface area contributed by atoms with Gasteiger partial charge in [-0.3, -0.25) is 0 Å². The smallest absolute Gasteiger partial charge is 0.131 e. The van der Waals surface area contributed by atoms with Crippen molar-refractivity contribution in [3.63, 3.8) is 0 Å². The Morgan fingerprint density at radius 2 is 1.16 bits per heavy atom. The van der Waals surface area contributed by atoms with Gasteiger partial charge in [-0.1, -0.05) is 82.4 Å². The number of thioether (sulfide) groups is 2. The molecular formula is C20H22N2S3. The van der Waals surface area contributed by atoms with Crippen molar-refractivity contribution in [2.45, 2.75) is 47.9 Å². The first kappa shape index (κ1) is 18.5. The molecule has 0 saturated carbocycles. The molecule has 0 atom stereocenters. The lowest BCUT2D eigenvalue weighted by atomic mass is 10.1. The molecule has 0 bridgehead atoms. The molecule has 130 valence electrons. The number of aromatic nitrogens is 2. The van der Waals surface area contributed by atoms with Gasteiger partial charge in [0.1, 0.15) is 0 Å². The topological polar surface area (TPSA) is 25.8 Å². The highest BCUT2D eigenvalue weighted by Gasteiger charge is 2.08. The summed E-state index contributed by atoms with van der Waals surface area (Å²) in [5.74, 6) is 1.90. The van der Waals surface area contributed by atoms with Gasteiger partial charge < -0.3 is 0 Å². The Labute approximate surface area is 162 Å². The zero-order valence-corrected chi connectivity index (χ0v) is 17.4. The van der Waals surface area contributed by atoms with Crippen LogP contribution in [0.25, 0.3) is 0 Å². The molecule has 5 heteroatoms. The van der Waals surface area contributed by atoms with E-state index in [0.717, 1.165) is 20.2 Å². The molecule has 0 saturated heterocycles. The normalized spacial score (nSPS) is 11.0. The van der Waals surface area contributed by atoms with Crippen LogP contribution in [0.4, 0.5) is 0 Å². The summed E-state index contributed by atoms with van der Waals surface area (Å²) in [7, 11) is 0. The maximum Gasteiger partial charge on any atom is 0.175 e. The molecule has 0 amide bonds. The van der Waals surface area contributed by atoms with Crippen molar-refractivity contribution in [3.05, 3.63) is 69.8 Å².